The van der Waals surface area contributed by atoms with Gasteiger partial charge in [-0.15, -0.1) is 10.2 Å². The number of carbonyl (C=O) groups is 1. The van der Waals surface area contributed by atoms with Crippen LogP contribution in [0, 0.1) is 5.92 Å². The number of halogens is 2. The van der Waals surface area contributed by atoms with E-state index in [-0.39, 0.29) is 17.7 Å². The Bertz CT molecular complexity index is 689. The van der Waals surface area contributed by atoms with E-state index >= 15 is 0 Å². The van der Waals surface area contributed by atoms with Crippen LogP contribution in [0.2, 0.25) is 10.0 Å². The van der Waals surface area contributed by atoms with Gasteiger partial charge in [0.15, 0.2) is 10.8 Å². The van der Waals surface area contributed by atoms with Crippen LogP contribution in [0.3, 0.4) is 0 Å². The Kier molecular flexibility index (Phi) is 6.56. The molecular formula is C15H20Cl2N4OS. The third kappa shape index (κ3) is 5.26. The van der Waals surface area contributed by atoms with Crippen LogP contribution >= 0.6 is 35.0 Å². The molecule has 0 spiro atoms. The number of rotatable bonds is 7. The Morgan fingerprint density at radius 1 is 1.30 bits per heavy atom. The Balaban J connectivity index is 1.92. The maximum absolute atomic E-state index is 12.0. The zero-order valence-electron chi connectivity index (χ0n) is 13.3. The van der Waals surface area contributed by atoms with Crippen molar-refractivity contribution in [1.82, 2.24) is 19.9 Å². The standard InChI is InChI=1S/C15H20Cl2N4OS/c1-9(2)4-5-10(3)18-13(22)8-23-15-20-19-14-12(17)6-11(16)7-21(14)15/h6-7,9-10H,4-5,8H2,1-3H3,(H,18,22)/t10-/m1/s1. The molecule has 0 aliphatic heterocycles. The Morgan fingerprint density at radius 3 is 2.74 bits per heavy atom. The number of fused-ring (bicyclic) bond motifs is 1. The maximum atomic E-state index is 12.0. The second-order valence-electron chi connectivity index (χ2n) is 5.91. The Morgan fingerprint density at radius 2 is 2.04 bits per heavy atom. The van der Waals surface area contributed by atoms with E-state index in [2.05, 4.69) is 29.4 Å². The van der Waals surface area contributed by atoms with E-state index < -0.39 is 0 Å². The highest BCUT2D eigenvalue weighted by molar-refractivity contribution is 7.99. The van der Waals surface area contributed by atoms with Crippen molar-refractivity contribution >= 4 is 46.5 Å². The number of hydrogen-bond donors (Lipinski definition) is 1. The molecule has 5 nitrogen and oxygen atoms in total. The van der Waals surface area contributed by atoms with Crippen molar-refractivity contribution in [3.63, 3.8) is 0 Å². The summed E-state index contributed by atoms with van der Waals surface area (Å²) in [4.78, 5) is 12.0. The van der Waals surface area contributed by atoms with Crippen molar-refractivity contribution in [1.29, 1.82) is 0 Å². The fraction of sp³-hybridized carbons (Fsp3) is 0.533. The molecule has 1 amide bonds. The molecule has 8 heteroatoms. The second-order valence-corrected chi connectivity index (χ2v) is 7.70. The molecule has 0 aliphatic rings. The van der Waals surface area contributed by atoms with Crippen molar-refractivity contribution < 1.29 is 4.79 Å². The normalized spacial score (nSPS) is 12.8. The van der Waals surface area contributed by atoms with Crippen LogP contribution in [0.1, 0.15) is 33.6 Å². The van der Waals surface area contributed by atoms with E-state index in [0.717, 1.165) is 12.8 Å². The molecule has 23 heavy (non-hydrogen) atoms. The summed E-state index contributed by atoms with van der Waals surface area (Å²) in [7, 11) is 0. The van der Waals surface area contributed by atoms with Crippen molar-refractivity contribution in [2.24, 2.45) is 5.92 Å². The van der Waals surface area contributed by atoms with Gasteiger partial charge in [0.25, 0.3) is 0 Å². The molecule has 0 saturated carbocycles. The molecule has 2 aromatic heterocycles. The van der Waals surface area contributed by atoms with Gasteiger partial charge in [0.05, 0.1) is 15.8 Å². The molecule has 0 aliphatic carbocycles. The molecule has 0 unspecified atom stereocenters. The van der Waals surface area contributed by atoms with Crippen molar-refractivity contribution in [3.05, 3.63) is 22.3 Å². The van der Waals surface area contributed by atoms with Gasteiger partial charge >= 0.3 is 0 Å². The molecule has 1 atom stereocenters. The summed E-state index contributed by atoms with van der Waals surface area (Å²) >= 11 is 13.4. The SMILES string of the molecule is CC(C)CC[C@@H](C)NC(=O)CSc1nnc2c(Cl)cc(Cl)cn12. The second kappa shape index (κ2) is 8.22. The molecule has 0 radical (unpaired) electrons. The highest BCUT2D eigenvalue weighted by Crippen LogP contribution is 2.25. The molecule has 2 heterocycles. The fourth-order valence-electron chi connectivity index (χ4n) is 2.10. The van der Waals surface area contributed by atoms with Gasteiger partial charge in [0.2, 0.25) is 5.91 Å². The first-order chi connectivity index (χ1) is 10.9. The number of thioether (sulfide) groups is 1. The first-order valence-electron chi connectivity index (χ1n) is 7.48. The molecule has 126 valence electrons. The third-order valence-corrected chi connectivity index (χ3v) is 4.74. The molecule has 0 aromatic carbocycles. The minimum atomic E-state index is -0.0175. The summed E-state index contributed by atoms with van der Waals surface area (Å²) in [5.41, 5.74) is 0.532. The predicted molar refractivity (Wildman–Crippen MR) is 95.4 cm³/mol. The average molecular weight is 375 g/mol. The molecule has 2 rings (SSSR count). The predicted octanol–water partition coefficient (Wildman–Crippen LogP) is 4.07. The van der Waals surface area contributed by atoms with Gasteiger partial charge in [-0.3, -0.25) is 9.20 Å². The largest absolute Gasteiger partial charge is 0.353 e. The topological polar surface area (TPSA) is 59.3 Å². The summed E-state index contributed by atoms with van der Waals surface area (Å²) in [6, 6.07) is 1.79. The fourth-order valence-corrected chi connectivity index (χ4v) is 3.33. The average Bonchev–Trinajstić information content (AvgIpc) is 2.86. The van der Waals surface area contributed by atoms with Crippen LogP contribution in [0.5, 0.6) is 0 Å². The molecule has 0 fully saturated rings. The quantitative estimate of drug-likeness (QED) is 0.742. The molecule has 1 N–H and O–H groups in total. The van der Waals surface area contributed by atoms with E-state index in [1.54, 1.807) is 16.7 Å². The van der Waals surface area contributed by atoms with E-state index in [1.807, 2.05) is 6.92 Å². The van der Waals surface area contributed by atoms with Gasteiger partial charge in [0.1, 0.15) is 0 Å². The van der Waals surface area contributed by atoms with Gasteiger partial charge in [-0.25, -0.2) is 0 Å². The Labute approximate surface area is 150 Å². The van der Waals surface area contributed by atoms with Gasteiger partial charge in [-0.05, 0) is 31.7 Å². The number of nitrogens with one attached hydrogen (secondary N) is 1. The monoisotopic (exact) mass is 374 g/mol. The Hall–Kier alpha value is -0.980. The first-order valence-corrected chi connectivity index (χ1v) is 9.23. The van der Waals surface area contributed by atoms with Gasteiger partial charge in [0, 0.05) is 12.2 Å². The lowest BCUT2D eigenvalue weighted by Crippen LogP contribution is -2.34. The molecule has 2 aromatic rings. The number of pyridine rings is 1. The maximum Gasteiger partial charge on any atom is 0.230 e. The lowest BCUT2D eigenvalue weighted by Gasteiger charge is -2.14. The van der Waals surface area contributed by atoms with Crippen LogP contribution in [0.15, 0.2) is 17.4 Å². The zero-order valence-corrected chi connectivity index (χ0v) is 15.7. The summed E-state index contributed by atoms with van der Waals surface area (Å²) in [6.07, 6.45) is 3.77. The van der Waals surface area contributed by atoms with Crippen LogP contribution in [-0.2, 0) is 4.79 Å². The van der Waals surface area contributed by atoms with E-state index in [1.165, 1.54) is 11.8 Å². The van der Waals surface area contributed by atoms with Gasteiger partial charge in [-0.1, -0.05) is 48.8 Å². The van der Waals surface area contributed by atoms with Gasteiger partial charge < -0.3 is 5.32 Å². The number of carbonyl (C=O) groups excluding carboxylic acids is 1. The van der Waals surface area contributed by atoms with Crippen LogP contribution in [-0.4, -0.2) is 32.3 Å². The molecule has 0 saturated heterocycles. The number of amides is 1. The lowest BCUT2D eigenvalue weighted by molar-refractivity contribution is -0.119. The number of nitrogens with zero attached hydrogens (tertiary/aromatic N) is 3. The smallest absolute Gasteiger partial charge is 0.230 e. The highest BCUT2D eigenvalue weighted by atomic mass is 35.5. The number of hydrogen-bond acceptors (Lipinski definition) is 4. The summed E-state index contributed by atoms with van der Waals surface area (Å²) < 4.78 is 1.70. The van der Waals surface area contributed by atoms with Crippen molar-refractivity contribution in [2.45, 2.75) is 44.8 Å². The van der Waals surface area contributed by atoms with E-state index in [4.69, 9.17) is 23.2 Å². The first kappa shape index (κ1) is 18.4. The molecular weight excluding hydrogens is 355 g/mol. The molecule has 0 bridgehead atoms. The zero-order chi connectivity index (χ0) is 17.0. The summed E-state index contributed by atoms with van der Waals surface area (Å²) in [6.45, 7) is 6.38. The minimum absolute atomic E-state index is 0.0175. The summed E-state index contributed by atoms with van der Waals surface area (Å²) in [5, 5.41) is 12.6. The van der Waals surface area contributed by atoms with Crippen LogP contribution in [0.25, 0.3) is 5.65 Å². The van der Waals surface area contributed by atoms with Crippen LogP contribution in [0.4, 0.5) is 0 Å². The van der Waals surface area contributed by atoms with E-state index in [0.29, 0.717) is 26.8 Å². The highest BCUT2D eigenvalue weighted by Gasteiger charge is 2.13. The lowest BCUT2D eigenvalue weighted by atomic mass is 10.0. The number of aromatic nitrogens is 3. The van der Waals surface area contributed by atoms with Crippen molar-refractivity contribution in [3.8, 4) is 0 Å². The van der Waals surface area contributed by atoms with Gasteiger partial charge in [-0.2, -0.15) is 0 Å². The van der Waals surface area contributed by atoms with Crippen molar-refractivity contribution in [2.75, 3.05) is 5.75 Å². The van der Waals surface area contributed by atoms with E-state index in [9.17, 15) is 4.79 Å². The summed E-state index contributed by atoms with van der Waals surface area (Å²) in [5.74, 6) is 0.897. The minimum Gasteiger partial charge on any atom is -0.353 e. The third-order valence-electron chi connectivity index (χ3n) is 3.31. The van der Waals surface area contributed by atoms with Crippen LogP contribution < -0.4 is 5.32 Å².